The third kappa shape index (κ3) is 2.80. The molecule has 22 heavy (non-hydrogen) atoms. The first-order valence-electron chi connectivity index (χ1n) is 6.70. The Morgan fingerprint density at radius 2 is 1.86 bits per heavy atom. The maximum absolute atomic E-state index is 11.5. The van der Waals surface area contributed by atoms with Crippen molar-refractivity contribution in [2.24, 2.45) is 0 Å². The van der Waals surface area contributed by atoms with E-state index in [2.05, 4.69) is 20.1 Å². The van der Waals surface area contributed by atoms with Crippen molar-refractivity contribution in [2.75, 3.05) is 12.4 Å². The van der Waals surface area contributed by atoms with Gasteiger partial charge in [0.1, 0.15) is 11.5 Å². The van der Waals surface area contributed by atoms with E-state index in [9.17, 15) is 4.79 Å². The highest BCUT2D eigenvalue weighted by Crippen LogP contribution is 2.23. The number of pyridine rings is 1. The molecule has 0 aliphatic carbocycles. The van der Waals surface area contributed by atoms with Crippen LogP contribution in [0.1, 0.15) is 0 Å². The number of rotatable bonds is 3. The van der Waals surface area contributed by atoms with Crippen molar-refractivity contribution in [1.29, 1.82) is 0 Å². The van der Waals surface area contributed by atoms with Gasteiger partial charge in [0, 0.05) is 12.3 Å². The van der Waals surface area contributed by atoms with Crippen LogP contribution < -0.4 is 5.32 Å². The van der Waals surface area contributed by atoms with Crippen LogP contribution in [-0.2, 0) is 4.74 Å². The summed E-state index contributed by atoms with van der Waals surface area (Å²) in [5.74, 6) is 0.513. The Kier molecular flexibility index (Phi) is 3.82. The number of amides is 1. The normalized spacial score (nSPS) is 10.2. The Hall–Kier alpha value is -3.15. The highest BCUT2D eigenvalue weighted by molar-refractivity contribution is 5.84. The SMILES string of the molecule is COC(=O)Nc1cc(-c2ccccn2)nn1-c1ccccc1. The second kappa shape index (κ2) is 6.09. The van der Waals surface area contributed by atoms with Crippen molar-refractivity contribution >= 4 is 11.9 Å². The van der Waals surface area contributed by atoms with E-state index in [4.69, 9.17) is 0 Å². The summed E-state index contributed by atoms with van der Waals surface area (Å²) >= 11 is 0. The van der Waals surface area contributed by atoms with E-state index in [1.165, 1.54) is 7.11 Å². The first kappa shape index (κ1) is 13.8. The molecule has 0 saturated heterocycles. The fourth-order valence-corrected chi connectivity index (χ4v) is 2.03. The molecule has 0 saturated carbocycles. The van der Waals surface area contributed by atoms with Gasteiger partial charge in [-0.3, -0.25) is 10.3 Å². The number of nitrogens with one attached hydrogen (secondary N) is 1. The van der Waals surface area contributed by atoms with Crippen LogP contribution in [0, 0.1) is 0 Å². The number of anilines is 1. The zero-order valence-electron chi connectivity index (χ0n) is 11.9. The Morgan fingerprint density at radius 1 is 1.09 bits per heavy atom. The zero-order chi connectivity index (χ0) is 15.4. The molecule has 0 spiro atoms. The summed E-state index contributed by atoms with van der Waals surface area (Å²) < 4.78 is 6.29. The molecular weight excluding hydrogens is 280 g/mol. The molecule has 2 aromatic heterocycles. The van der Waals surface area contributed by atoms with Crippen LogP contribution in [-0.4, -0.2) is 28.0 Å². The minimum absolute atomic E-state index is 0.513. The van der Waals surface area contributed by atoms with Gasteiger partial charge < -0.3 is 4.74 Å². The quantitative estimate of drug-likeness (QED) is 0.806. The highest BCUT2D eigenvalue weighted by Gasteiger charge is 2.14. The molecule has 110 valence electrons. The van der Waals surface area contributed by atoms with E-state index in [0.29, 0.717) is 11.5 Å². The van der Waals surface area contributed by atoms with Crippen molar-refractivity contribution in [3.05, 3.63) is 60.8 Å². The summed E-state index contributed by atoms with van der Waals surface area (Å²) in [6.07, 6.45) is 1.15. The summed E-state index contributed by atoms with van der Waals surface area (Å²) in [6.45, 7) is 0. The van der Waals surface area contributed by atoms with Crippen LogP contribution in [0.25, 0.3) is 17.1 Å². The minimum Gasteiger partial charge on any atom is -0.453 e. The average molecular weight is 294 g/mol. The fraction of sp³-hybridized carbons (Fsp3) is 0.0625. The number of benzene rings is 1. The number of carbonyl (C=O) groups is 1. The number of hydrogen-bond acceptors (Lipinski definition) is 4. The number of para-hydroxylation sites is 1. The lowest BCUT2D eigenvalue weighted by atomic mass is 10.3. The zero-order valence-corrected chi connectivity index (χ0v) is 11.9. The van der Waals surface area contributed by atoms with Gasteiger partial charge in [-0.25, -0.2) is 9.48 Å². The van der Waals surface area contributed by atoms with Crippen LogP contribution in [0.5, 0.6) is 0 Å². The molecule has 2 heterocycles. The second-order valence-corrected chi connectivity index (χ2v) is 4.49. The summed E-state index contributed by atoms with van der Waals surface area (Å²) in [6, 6.07) is 16.9. The third-order valence-electron chi connectivity index (χ3n) is 3.05. The number of ether oxygens (including phenoxy) is 1. The smallest absolute Gasteiger partial charge is 0.412 e. The molecule has 3 aromatic rings. The summed E-state index contributed by atoms with van der Waals surface area (Å²) in [7, 11) is 1.32. The standard InChI is InChI=1S/C16H14N4O2/c1-22-16(21)18-15-11-14(13-9-5-6-10-17-13)19-20(15)12-7-3-2-4-8-12/h2-11H,1H3,(H,18,21). The monoisotopic (exact) mass is 294 g/mol. The van der Waals surface area contributed by atoms with Crippen molar-refractivity contribution in [1.82, 2.24) is 14.8 Å². The fourth-order valence-electron chi connectivity index (χ4n) is 2.03. The topological polar surface area (TPSA) is 69.0 Å². The third-order valence-corrected chi connectivity index (χ3v) is 3.05. The predicted molar refractivity (Wildman–Crippen MR) is 82.8 cm³/mol. The van der Waals surface area contributed by atoms with E-state index >= 15 is 0 Å². The number of nitrogens with zero attached hydrogens (tertiary/aromatic N) is 3. The van der Waals surface area contributed by atoms with Crippen LogP contribution in [0.15, 0.2) is 60.8 Å². The maximum atomic E-state index is 11.5. The lowest BCUT2D eigenvalue weighted by Crippen LogP contribution is -2.14. The van der Waals surface area contributed by atoms with Crippen LogP contribution in [0.2, 0.25) is 0 Å². The molecule has 0 atom stereocenters. The van der Waals surface area contributed by atoms with Crippen molar-refractivity contribution in [2.45, 2.75) is 0 Å². The number of carbonyl (C=O) groups excluding carboxylic acids is 1. The molecule has 0 fully saturated rings. The Bertz CT molecular complexity index is 769. The van der Waals surface area contributed by atoms with Gasteiger partial charge in [-0.15, -0.1) is 0 Å². The first-order valence-corrected chi connectivity index (χ1v) is 6.70. The van der Waals surface area contributed by atoms with Gasteiger partial charge in [-0.1, -0.05) is 24.3 Å². The first-order chi connectivity index (χ1) is 10.8. The Balaban J connectivity index is 2.07. The van der Waals surface area contributed by atoms with Gasteiger partial charge in [0.25, 0.3) is 0 Å². The average Bonchev–Trinajstić information content (AvgIpc) is 3.00. The Morgan fingerprint density at radius 3 is 2.55 bits per heavy atom. The lowest BCUT2D eigenvalue weighted by molar-refractivity contribution is 0.186. The van der Waals surface area contributed by atoms with E-state index in [1.54, 1.807) is 16.9 Å². The molecule has 6 nitrogen and oxygen atoms in total. The van der Waals surface area contributed by atoms with Gasteiger partial charge >= 0.3 is 6.09 Å². The number of hydrogen-bond donors (Lipinski definition) is 1. The van der Waals surface area contributed by atoms with Gasteiger partial charge in [0.15, 0.2) is 0 Å². The van der Waals surface area contributed by atoms with E-state index < -0.39 is 6.09 Å². The molecule has 0 aliphatic rings. The molecule has 0 aliphatic heterocycles. The second-order valence-electron chi connectivity index (χ2n) is 4.49. The van der Waals surface area contributed by atoms with Crippen molar-refractivity contribution < 1.29 is 9.53 Å². The molecule has 0 bridgehead atoms. The van der Waals surface area contributed by atoms with Gasteiger partial charge in [-0.2, -0.15) is 5.10 Å². The summed E-state index contributed by atoms with van der Waals surface area (Å²) in [4.78, 5) is 15.8. The number of methoxy groups -OCH3 is 1. The van der Waals surface area contributed by atoms with Crippen LogP contribution in [0.4, 0.5) is 10.6 Å². The van der Waals surface area contributed by atoms with Crippen molar-refractivity contribution in [3.63, 3.8) is 0 Å². The molecule has 0 unspecified atom stereocenters. The van der Waals surface area contributed by atoms with Crippen LogP contribution >= 0.6 is 0 Å². The molecule has 1 N–H and O–H groups in total. The largest absolute Gasteiger partial charge is 0.453 e. The van der Waals surface area contributed by atoms with Crippen LogP contribution in [0.3, 0.4) is 0 Å². The van der Waals surface area contributed by atoms with E-state index in [1.807, 2.05) is 48.5 Å². The molecule has 1 aromatic carbocycles. The van der Waals surface area contributed by atoms with Gasteiger partial charge in [-0.05, 0) is 24.3 Å². The molecule has 6 heteroatoms. The van der Waals surface area contributed by atoms with E-state index in [0.717, 1.165) is 11.4 Å². The Labute approximate surface area is 127 Å². The summed E-state index contributed by atoms with van der Waals surface area (Å²) in [5.41, 5.74) is 2.22. The molecular formula is C16H14N4O2. The lowest BCUT2D eigenvalue weighted by Gasteiger charge is -2.07. The summed E-state index contributed by atoms with van der Waals surface area (Å²) in [5, 5.41) is 7.18. The van der Waals surface area contributed by atoms with Gasteiger partial charge in [0.2, 0.25) is 0 Å². The van der Waals surface area contributed by atoms with Crippen molar-refractivity contribution in [3.8, 4) is 17.1 Å². The minimum atomic E-state index is -0.551. The van der Waals surface area contributed by atoms with Gasteiger partial charge in [0.05, 0.1) is 18.5 Å². The number of aromatic nitrogens is 3. The molecule has 3 rings (SSSR count). The van der Waals surface area contributed by atoms with E-state index in [-0.39, 0.29) is 0 Å². The highest BCUT2D eigenvalue weighted by atomic mass is 16.5. The molecule has 0 radical (unpaired) electrons. The predicted octanol–water partition coefficient (Wildman–Crippen LogP) is 3.11. The maximum Gasteiger partial charge on any atom is 0.412 e. The molecule has 1 amide bonds.